The van der Waals surface area contributed by atoms with Crippen LogP contribution < -0.4 is 15.5 Å². The molecule has 36 heavy (non-hydrogen) atoms. The Kier molecular flexibility index (Phi) is 9.38. The Labute approximate surface area is 227 Å². The SMILES string of the molecule is CC(=NNC(=S)Nc1ccc(Cl)cc1OCCCC(=O)O)c1nn(C)c(-c2ccc(Cl)c(Cl)c2)c1O. The van der Waals surface area contributed by atoms with Crippen molar-refractivity contribution in [2.75, 3.05) is 11.9 Å². The van der Waals surface area contributed by atoms with E-state index in [4.69, 9.17) is 56.9 Å². The second-order valence-electron chi connectivity index (χ2n) is 7.55. The zero-order chi connectivity index (χ0) is 26.4. The first-order valence-corrected chi connectivity index (χ1v) is 12.1. The van der Waals surface area contributed by atoms with E-state index in [9.17, 15) is 9.90 Å². The van der Waals surface area contributed by atoms with Gasteiger partial charge in [-0.1, -0.05) is 40.9 Å². The van der Waals surface area contributed by atoms with Gasteiger partial charge in [0.1, 0.15) is 11.4 Å². The van der Waals surface area contributed by atoms with Crippen molar-refractivity contribution in [3.05, 3.63) is 57.2 Å². The smallest absolute Gasteiger partial charge is 0.303 e. The van der Waals surface area contributed by atoms with Gasteiger partial charge in [-0.25, -0.2) is 0 Å². The van der Waals surface area contributed by atoms with Gasteiger partial charge in [-0.3, -0.25) is 14.9 Å². The second-order valence-corrected chi connectivity index (χ2v) is 9.21. The molecule has 190 valence electrons. The fourth-order valence-electron chi connectivity index (χ4n) is 3.19. The molecule has 0 atom stereocenters. The minimum Gasteiger partial charge on any atom is -0.504 e. The van der Waals surface area contributed by atoms with Crippen LogP contribution in [0.2, 0.25) is 15.1 Å². The number of ether oxygens (including phenoxy) is 1. The third-order valence-corrected chi connectivity index (χ3v) is 6.03. The Hall–Kier alpha value is -3.05. The lowest BCUT2D eigenvalue weighted by atomic mass is 10.1. The number of benzene rings is 2. The molecule has 0 fully saturated rings. The second kappa shape index (κ2) is 12.3. The molecule has 0 aliphatic heterocycles. The predicted molar refractivity (Wildman–Crippen MR) is 146 cm³/mol. The third-order valence-electron chi connectivity index (χ3n) is 4.87. The maximum Gasteiger partial charge on any atom is 0.303 e. The van der Waals surface area contributed by atoms with E-state index in [1.54, 1.807) is 50.4 Å². The summed E-state index contributed by atoms with van der Waals surface area (Å²) in [6, 6.07) is 9.93. The number of aryl methyl sites for hydroxylation is 1. The number of carboxylic acid groups (broad SMARTS) is 1. The summed E-state index contributed by atoms with van der Waals surface area (Å²) in [4.78, 5) is 10.7. The molecule has 4 N–H and O–H groups in total. The molecule has 0 aliphatic carbocycles. The van der Waals surface area contributed by atoms with Crippen LogP contribution in [0.25, 0.3) is 11.3 Å². The molecule has 13 heteroatoms. The van der Waals surface area contributed by atoms with Gasteiger partial charge in [0.15, 0.2) is 16.6 Å². The lowest BCUT2D eigenvalue weighted by Crippen LogP contribution is -2.25. The van der Waals surface area contributed by atoms with Crippen LogP contribution in [0, 0.1) is 0 Å². The van der Waals surface area contributed by atoms with E-state index < -0.39 is 5.97 Å². The first kappa shape index (κ1) is 27.5. The van der Waals surface area contributed by atoms with Gasteiger partial charge < -0.3 is 20.3 Å². The van der Waals surface area contributed by atoms with Crippen molar-refractivity contribution in [3.8, 4) is 22.8 Å². The van der Waals surface area contributed by atoms with Crippen molar-refractivity contribution in [3.63, 3.8) is 0 Å². The molecular formula is C23H22Cl3N5O4S. The topological polar surface area (TPSA) is 121 Å². The number of hydrazone groups is 1. The summed E-state index contributed by atoms with van der Waals surface area (Å²) in [6.07, 6.45) is 0.329. The molecule has 2 aromatic carbocycles. The normalized spacial score (nSPS) is 11.3. The number of rotatable bonds is 9. The summed E-state index contributed by atoms with van der Waals surface area (Å²) in [5.41, 5.74) is 4.94. The number of thiocarbonyl (C=S) groups is 1. The highest BCUT2D eigenvalue weighted by molar-refractivity contribution is 7.80. The van der Waals surface area contributed by atoms with E-state index in [2.05, 4.69) is 20.9 Å². The first-order valence-electron chi connectivity index (χ1n) is 10.5. The van der Waals surface area contributed by atoms with Crippen LogP contribution in [-0.2, 0) is 11.8 Å². The van der Waals surface area contributed by atoms with E-state index in [-0.39, 0.29) is 29.6 Å². The highest BCUT2D eigenvalue weighted by atomic mass is 35.5. The van der Waals surface area contributed by atoms with Crippen LogP contribution in [0.1, 0.15) is 25.5 Å². The molecule has 0 spiro atoms. The van der Waals surface area contributed by atoms with Gasteiger partial charge >= 0.3 is 5.97 Å². The van der Waals surface area contributed by atoms with Gasteiger partial charge in [0.25, 0.3) is 0 Å². The number of hydrogen-bond donors (Lipinski definition) is 4. The Morgan fingerprint density at radius 1 is 1.19 bits per heavy atom. The van der Waals surface area contributed by atoms with Gasteiger partial charge in [0, 0.05) is 30.1 Å². The van der Waals surface area contributed by atoms with Crippen molar-refractivity contribution >= 4 is 69.5 Å². The van der Waals surface area contributed by atoms with Crippen molar-refractivity contribution in [1.82, 2.24) is 15.2 Å². The van der Waals surface area contributed by atoms with Crippen molar-refractivity contribution < 1.29 is 19.7 Å². The van der Waals surface area contributed by atoms with E-state index in [0.29, 0.717) is 49.9 Å². The van der Waals surface area contributed by atoms with Crippen LogP contribution in [0.4, 0.5) is 5.69 Å². The highest BCUT2D eigenvalue weighted by Gasteiger charge is 2.20. The van der Waals surface area contributed by atoms with Gasteiger partial charge in [-0.2, -0.15) is 10.2 Å². The van der Waals surface area contributed by atoms with Crippen molar-refractivity contribution in [1.29, 1.82) is 0 Å². The molecule has 1 aromatic heterocycles. The summed E-state index contributed by atoms with van der Waals surface area (Å²) in [5.74, 6) is -0.566. The number of aromatic nitrogens is 2. The zero-order valence-corrected chi connectivity index (χ0v) is 22.3. The summed E-state index contributed by atoms with van der Waals surface area (Å²) in [5, 5.41) is 32.5. The lowest BCUT2D eigenvalue weighted by molar-refractivity contribution is -0.137. The maximum atomic E-state index is 10.8. The summed E-state index contributed by atoms with van der Waals surface area (Å²) >= 11 is 23.5. The number of anilines is 1. The third kappa shape index (κ3) is 7.01. The van der Waals surface area contributed by atoms with Gasteiger partial charge in [-0.15, -0.1) is 0 Å². The molecule has 1 heterocycles. The van der Waals surface area contributed by atoms with Crippen LogP contribution in [0.5, 0.6) is 11.5 Å². The van der Waals surface area contributed by atoms with Crippen LogP contribution in [0.3, 0.4) is 0 Å². The van der Waals surface area contributed by atoms with Gasteiger partial charge in [-0.05, 0) is 49.8 Å². The number of halogens is 3. The minimum absolute atomic E-state index is 0.00950. The summed E-state index contributed by atoms with van der Waals surface area (Å²) in [6.45, 7) is 1.86. The summed E-state index contributed by atoms with van der Waals surface area (Å²) < 4.78 is 7.17. The Morgan fingerprint density at radius 2 is 1.94 bits per heavy atom. The standard InChI is InChI=1S/C23H22Cl3N5O4S/c1-12(20-22(34)21(31(2)30-20)13-5-7-15(25)16(26)10-13)28-29-23(36)27-17-8-6-14(24)11-18(17)35-9-3-4-19(32)33/h5-8,10-11,34H,3-4,9H2,1-2H3,(H,32,33)(H2,27,29,36). The average molecular weight is 571 g/mol. The van der Waals surface area contributed by atoms with E-state index in [1.165, 1.54) is 4.68 Å². The number of nitrogens with one attached hydrogen (secondary N) is 2. The van der Waals surface area contributed by atoms with Crippen LogP contribution >= 0.6 is 47.0 Å². The number of nitrogens with zero attached hydrogens (tertiary/aromatic N) is 3. The summed E-state index contributed by atoms with van der Waals surface area (Å²) in [7, 11) is 1.69. The average Bonchev–Trinajstić information content (AvgIpc) is 3.12. The van der Waals surface area contributed by atoms with Crippen LogP contribution in [-0.4, -0.2) is 43.4 Å². The molecule has 0 saturated heterocycles. The quantitative estimate of drug-likeness (QED) is 0.112. The zero-order valence-electron chi connectivity index (χ0n) is 19.2. The van der Waals surface area contributed by atoms with Crippen molar-refractivity contribution in [2.45, 2.75) is 19.8 Å². The van der Waals surface area contributed by atoms with Crippen molar-refractivity contribution in [2.24, 2.45) is 12.1 Å². The largest absolute Gasteiger partial charge is 0.504 e. The van der Waals surface area contributed by atoms with Gasteiger partial charge in [0.2, 0.25) is 0 Å². The number of aromatic hydroxyl groups is 1. The molecule has 9 nitrogen and oxygen atoms in total. The minimum atomic E-state index is -0.898. The monoisotopic (exact) mass is 569 g/mol. The number of carboxylic acids is 1. The molecule has 0 saturated carbocycles. The van der Waals surface area contributed by atoms with E-state index in [1.807, 2.05) is 0 Å². The number of hydrogen-bond acceptors (Lipinski definition) is 6. The molecule has 0 amide bonds. The number of aliphatic carboxylic acids is 1. The van der Waals surface area contributed by atoms with E-state index in [0.717, 1.165) is 0 Å². The molecule has 0 aliphatic rings. The fraction of sp³-hybridized carbons (Fsp3) is 0.217. The van der Waals surface area contributed by atoms with Gasteiger partial charge in [0.05, 0.1) is 28.1 Å². The lowest BCUT2D eigenvalue weighted by Gasteiger charge is -2.14. The van der Waals surface area contributed by atoms with E-state index >= 15 is 0 Å². The molecule has 0 bridgehead atoms. The molecular weight excluding hydrogens is 549 g/mol. The fourth-order valence-corrected chi connectivity index (χ4v) is 3.80. The van der Waals surface area contributed by atoms with Crippen LogP contribution in [0.15, 0.2) is 41.5 Å². The predicted octanol–water partition coefficient (Wildman–Crippen LogP) is 5.71. The Bertz CT molecular complexity index is 1330. The Balaban J connectivity index is 1.71. The number of carbonyl (C=O) groups is 1. The highest BCUT2D eigenvalue weighted by Crippen LogP contribution is 2.35. The molecule has 3 aromatic rings. The molecule has 0 radical (unpaired) electrons. The molecule has 0 unspecified atom stereocenters. The maximum absolute atomic E-state index is 10.8. The Morgan fingerprint density at radius 3 is 2.64 bits per heavy atom. The molecule has 3 rings (SSSR count). The first-order chi connectivity index (χ1) is 17.1.